The van der Waals surface area contributed by atoms with Crippen molar-refractivity contribution in [2.75, 3.05) is 4.90 Å². The molecule has 1 aromatic heterocycles. The van der Waals surface area contributed by atoms with Crippen LogP contribution in [-0.2, 0) is 16.0 Å². The van der Waals surface area contributed by atoms with Crippen molar-refractivity contribution in [3.63, 3.8) is 0 Å². The van der Waals surface area contributed by atoms with Crippen LogP contribution in [0.25, 0.3) is 0 Å². The second kappa shape index (κ2) is 11.0. The van der Waals surface area contributed by atoms with E-state index in [9.17, 15) is 14.4 Å². The molecule has 0 saturated heterocycles. The molecule has 1 aliphatic carbocycles. The maximum absolute atomic E-state index is 13.7. The van der Waals surface area contributed by atoms with Gasteiger partial charge in [-0.1, -0.05) is 48.7 Å². The summed E-state index contributed by atoms with van der Waals surface area (Å²) in [5, 5.41) is 5.50. The lowest BCUT2D eigenvalue weighted by atomic mass is 10.0. The third kappa shape index (κ3) is 5.57. The zero-order valence-corrected chi connectivity index (χ0v) is 20.6. The molecule has 2 amide bonds. The van der Waals surface area contributed by atoms with Gasteiger partial charge < -0.3 is 5.32 Å². The van der Waals surface area contributed by atoms with Gasteiger partial charge in [-0.05, 0) is 61.5 Å². The highest BCUT2D eigenvalue weighted by Crippen LogP contribution is 2.34. The number of nitrogens with one attached hydrogen (secondary N) is 1. The Bertz CT molecular complexity index is 1150. The molecule has 3 aromatic rings. The predicted molar refractivity (Wildman–Crippen MR) is 137 cm³/mol. The summed E-state index contributed by atoms with van der Waals surface area (Å²) in [4.78, 5) is 41.7. The van der Waals surface area contributed by atoms with E-state index < -0.39 is 6.04 Å². The second-order valence-corrected chi connectivity index (χ2v) is 9.98. The average molecular weight is 495 g/mol. The van der Waals surface area contributed by atoms with Gasteiger partial charge in [0.2, 0.25) is 11.8 Å². The summed E-state index contributed by atoms with van der Waals surface area (Å²) < 4.78 is 0. The minimum Gasteiger partial charge on any atom is -0.351 e. The minimum absolute atomic E-state index is 0.0651. The van der Waals surface area contributed by atoms with E-state index in [-0.39, 0.29) is 30.1 Å². The molecule has 1 heterocycles. The van der Waals surface area contributed by atoms with Crippen LogP contribution in [-0.4, -0.2) is 23.6 Å². The summed E-state index contributed by atoms with van der Waals surface area (Å²) in [7, 11) is 0. The second-order valence-electron chi connectivity index (χ2n) is 8.54. The fourth-order valence-corrected chi connectivity index (χ4v) is 5.32. The van der Waals surface area contributed by atoms with Crippen LogP contribution in [0.1, 0.15) is 59.4 Å². The van der Waals surface area contributed by atoms with E-state index in [0.29, 0.717) is 21.8 Å². The van der Waals surface area contributed by atoms with E-state index in [1.165, 1.54) is 23.2 Å². The van der Waals surface area contributed by atoms with Gasteiger partial charge in [-0.3, -0.25) is 19.3 Å². The summed E-state index contributed by atoms with van der Waals surface area (Å²) in [5.41, 5.74) is 1.65. The number of carbonyl (C=O) groups excluding carboxylic acids is 3. The van der Waals surface area contributed by atoms with E-state index in [0.717, 1.165) is 30.6 Å². The Labute approximate surface area is 208 Å². The molecule has 0 bridgehead atoms. The van der Waals surface area contributed by atoms with Crippen molar-refractivity contribution < 1.29 is 14.4 Å². The maximum atomic E-state index is 13.7. The molecule has 0 spiro atoms. The molecule has 34 heavy (non-hydrogen) atoms. The summed E-state index contributed by atoms with van der Waals surface area (Å²) in [6.45, 7) is 1.50. The Morgan fingerprint density at radius 3 is 2.35 bits per heavy atom. The van der Waals surface area contributed by atoms with Crippen LogP contribution in [0.4, 0.5) is 5.69 Å². The van der Waals surface area contributed by atoms with E-state index >= 15 is 0 Å². The highest BCUT2D eigenvalue weighted by atomic mass is 35.5. The van der Waals surface area contributed by atoms with Crippen molar-refractivity contribution in [1.82, 2.24) is 5.32 Å². The lowest BCUT2D eigenvalue weighted by Gasteiger charge is -2.33. The first-order chi connectivity index (χ1) is 16.4. The fraction of sp³-hybridized carbons (Fsp3) is 0.296. The number of hydrogen-bond acceptors (Lipinski definition) is 4. The minimum atomic E-state index is -0.940. The molecule has 1 atom stereocenters. The van der Waals surface area contributed by atoms with E-state index in [1.807, 2.05) is 23.6 Å². The molecular weight excluding hydrogens is 468 g/mol. The van der Waals surface area contributed by atoms with Crippen molar-refractivity contribution in [1.29, 1.82) is 0 Å². The molecule has 1 N–H and O–H groups in total. The van der Waals surface area contributed by atoms with Gasteiger partial charge in [0.1, 0.15) is 6.04 Å². The lowest BCUT2D eigenvalue weighted by Crippen LogP contribution is -2.47. The number of nitrogens with zero attached hydrogens (tertiary/aromatic N) is 1. The predicted octanol–water partition coefficient (Wildman–Crippen LogP) is 5.98. The SMILES string of the molecule is CC(=O)c1ccc(N(C(=O)Cc2cccs2)[C@@H](C(=O)NC2CCCC2)c2ccccc2Cl)cc1. The van der Waals surface area contributed by atoms with Crippen molar-refractivity contribution in [3.8, 4) is 0 Å². The first kappa shape index (κ1) is 24.2. The maximum Gasteiger partial charge on any atom is 0.248 e. The number of carbonyl (C=O) groups is 3. The first-order valence-electron chi connectivity index (χ1n) is 11.4. The number of anilines is 1. The van der Waals surface area contributed by atoms with E-state index in [1.54, 1.807) is 42.5 Å². The van der Waals surface area contributed by atoms with Gasteiger partial charge in [0.25, 0.3) is 0 Å². The zero-order chi connectivity index (χ0) is 24.1. The van der Waals surface area contributed by atoms with Gasteiger partial charge in [0, 0.05) is 32.8 Å². The Morgan fingerprint density at radius 1 is 1.03 bits per heavy atom. The number of thiophene rings is 1. The Kier molecular flexibility index (Phi) is 7.80. The molecule has 7 heteroatoms. The van der Waals surface area contributed by atoms with Crippen LogP contribution >= 0.6 is 22.9 Å². The molecular formula is C27H27ClN2O3S. The monoisotopic (exact) mass is 494 g/mol. The largest absolute Gasteiger partial charge is 0.351 e. The lowest BCUT2D eigenvalue weighted by molar-refractivity contribution is -0.127. The number of ketones is 1. The van der Waals surface area contributed by atoms with Crippen LogP contribution in [0.5, 0.6) is 0 Å². The topological polar surface area (TPSA) is 66.5 Å². The number of halogens is 1. The van der Waals surface area contributed by atoms with Gasteiger partial charge in [-0.15, -0.1) is 11.3 Å². The van der Waals surface area contributed by atoms with Crippen molar-refractivity contribution >= 4 is 46.2 Å². The number of amides is 2. The van der Waals surface area contributed by atoms with Gasteiger partial charge >= 0.3 is 0 Å². The van der Waals surface area contributed by atoms with E-state index in [4.69, 9.17) is 11.6 Å². The van der Waals surface area contributed by atoms with Gasteiger partial charge in [0.05, 0.1) is 6.42 Å². The average Bonchev–Trinajstić information content (AvgIpc) is 3.52. The number of rotatable bonds is 8. The molecule has 1 fully saturated rings. The van der Waals surface area contributed by atoms with Crippen LogP contribution in [0.2, 0.25) is 5.02 Å². The molecule has 1 aliphatic rings. The highest BCUT2D eigenvalue weighted by Gasteiger charge is 2.35. The molecule has 0 unspecified atom stereocenters. The van der Waals surface area contributed by atoms with E-state index in [2.05, 4.69) is 5.32 Å². The number of hydrogen-bond donors (Lipinski definition) is 1. The van der Waals surface area contributed by atoms with Crippen molar-refractivity contribution in [2.24, 2.45) is 0 Å². The molecule has 2 aromatic carbocycles. The molecule has 5 nitrogen and oxygen atoms in total. The fourth-order valence-electron chi connectivity index (χ4n) is 4.39. The van der Waals surface area contributed by atoms with Gasteiger partial charge in [0.15, 0.2) is 5.78 Å². The van der Waals surface area contributed by atoms with Crippen LogP contribution in [0.15, 0.2) is 66.0 Å². The molecule has 0 radical (unpaired) electrons. The van der Waals surface area contributed by atoms with Gasteiger partial charge in [-0.25, -0.2) is 0 Å². The summed E-state index contributed by atoms with van der Waals surface area (Å²) in [6.07, 6.45) is 4.17. The number of benzene rings is 2. The van der Waals surface area contributed by atoms with Crippen molar-refractivity contribution in [2.45, 2.75) is 51.1 Å². The standard InChI is InChI=1S/C27H27ClN2O3S/c1-18(31)19-12-14-21(15-13-19)30(25(32)17-22-9-6-16-34-22)26(23-10-4-5-11-24(23)28)27(33)29-20-7-2-3-8-20/h4-6,9-16,20,26H,2-3,7-8,17H2,1H3,(H,29,33)/t26-/m1/s1. The Hall–Kier alpha value is -2.96. The van der Waals surface area contributed by atoms with Crippen LogP contribution < -0.4 is 10.2 Å². The zero-order valence-electron chi connectivity index (χ0n) is 19.0. The van der Waals surface area contributed by atoms with Crippen molar-refractivity contribution in [3.05, 3.63) is 87.1 Å². The van der Waals surface area contributed by atoms with Gasteiger partial charge in [-0.2, -0.15) is 0 Å². The first-order valence-corrected chi connectivity index (χ1v) is 12.7. The molecule has 0 aliphatic heterocycles. The molecule has 176 valence electrons. The van der Waals surface area contributed by atoms with Crippen LogP contribution in [0, 0.1) is 0 Å². The normalized spacial score (nSPS) is 14.5. The van der Waals surface area contributed by atoms with Crippen LogP contribution in [0.3, 0.4) is 0 Å². The Morgan fingerprint density at radius 2 is 1.74 bits per heavy atom. The Balaban J connectivity index is 1.78. The number of Topliss-reactive ketones (excluding diaryl/α,β-unsaturated/α-hetero) is 1. The summed E-state index contributed by atoms with van der Waals surface area (Å²) >= 11 is 8.06. The molecule has 4 rings (SSSR count). The third-order valence-corrected chi connectivity index (χ3v) is 7.35. The smallest absolute Gasteiger partial charge is 0.248 e. The molecule has 1 saturated carbocycles. The summed E-state index contributed by atoms with van der Waals surface area (Å²) in [5.74, 6) is -0.538. The highest BCUT2D eigenvalue weighted by molar-refractivity contribution is 7.10. The summed E-state index contributed by atoms with van der Waals surface area (Å²) in [6, 6.07) is 16.9. The third-order valence-electron chi connectivity index (χ3n) is 6.13. The quantitative estimate of drug-likeness (QED) is 0.392.